The lowest BCUT2D eigenvalue weighted by Crippen LogP contribution is -2.26. The number of carboxylic acid groups (broad SMARTS) is 1. The summed E-state index contributed by atoms with van der Waals surface area (Å²) in [6.07, 6.45) is 2.31. The third-order valence-electron chi connectivity index (χ3n) is 2.79. The molecule has 0 unspecified atom stereocenters. The average Bonchev–Trinajstić information content (AvgIpc) is 2.98. The van der Waals surface area contributed by atoms with Gasteiger partial charge in [0.25, 0.3) is 0 Å². The van der Waals surface area contributed by atoms with E-state index in [-0.39, 0.29) is 11.4 Å². The summed E-state index contributed by atoms with van der Waals surface area (Å²) >= 11 is 0. The molecule has 0 atom stereocenters. The largest absolute Gasteiger partial charge is 0.480 e. The number of carboxylic acids is 1. The number of hydrogen-bond acceptors (Lipinski definition) is 5. The van der Waals surface area contributed by atoms with Gasteiger partial charge in [0.05, 0.1) is 12.7 Å². The second-order valence-electron chi connectivity index (χ2n) is 4.54. The summed E-state index contributed by atoms with van der Waals surface area (Å²) in [4.78, 5) is 10.5. The molecule has 0 fully saturated rings. The van der Waals surface area contributed by atoms with Crippen LogP contribution in [0.5, 0.6) is 0 Å². The molecule has 114 valence electrons. The monoisotopic (exact) mass is 313 g/mol. The van der Waals surface area contributed by atoms with E-state index in [0.29, 0.717) is 11.5 Å². The summed E-state index contributed by atoms with van der Waals surface area (Å²) in [5, 5.41) is 12.4. The summed E-state index contributed by atoms with van der Waals surface area (Å²) in [6, 6.07) is 3.45. The topological polar surface area (TPSA) is 106 Å². The molecule has 21 heavy (non-hydrogen) atoms. The van der Waals surface area contributed by atoms with Crippen molar-refractivity contribution >= 4 is 16.0 Å². The third kappa shape index (κ3) is 3.50. The lowest BCUT2D eigenvalue weighted by molar-refractivity contribution is -0.137. The van der Waals surface area contributed by atoms with Crippen molar-refractivity contribution in [1.29, 1.82) is 0 Å². The molecule has 2 aromatic heterocycles. The zero-order chi connectivity index (χ0) is 15.6. The number of furan rings is 1. The maximum Gasteiger partial charge on any atom is 0.325 e. The van der Waals surface area contributed by atoms with Gasteiger partial charge in [0, 0.05) is 13.2 Å². The normalized spacial score (nSPS) is 12.0. The number of sulfonamides is 1. The van der Waals surface area contributed by atoms with Gasteiger partial charge >= 0.3 is 5.97 Å². The molecular formula is C12H15N3O5S. The molecule has 8 nitrogen and oxygen atoms in total. The fourth-order valence-corrected chi connectivity index (χ4v) is 2.85. The zero-order valence-electron chi connectivity index (χ0n) is 11.6. The van der Waals surface area contributed by atoms with Crippen LogP contribution in [0.2, 0.25) is 0 Å². The van der Waals surface area contributed by atoms with E-state index >= 15 is 0 Å². The fraction of sp³-hybridized carbons (Fsp3) is 0.333. The Balaban J connectivity index is 2.16. The van der Waals surface area contributed by atoms with Crippen molar-refractivity contribution in [3.63, 3.8) is 0 Å². The van der Waals surface area contributed by atoms with E-state index in [1.807, 2.05) is 0 Å². The first-order valence-electron chi connectivity index (χ1n) is 6.05. The molecule has 0 saturated heterocycles. The first kappa shape index (κ1) is 15.3. The fourth-order valence-electron chi connectivity index (χ4n) is 1.76. The molecular weight excluding hydrogens is 298 g/mol. The highest BCUT2D eigenvalue weighted by Gasteiger charge is 2.24. The highest BCUT2D eigenvalue weighted by atomic mass is 32.2. The third-order valence-corrected chi connectivity index (χ3v) is 4.55. The van der Waals surface area contributed by atoms with E-state index in [9.17, 15) is 13.2 Å². The Morgan fingerprint density at radius 3 is 2.76 bits per heavy atom. The standard InChI is InChI=1S/C12H15N3O5S/c1-9-3-4-10(20-9)6-14(2)21(18,19)11-5-13-15(7-11)8-12(16)17/h3-5,7H,6,8H2,1-2H3,(H,16,17). The number of hydrogen-bond donors (Lipinski definition) is 1. The van der Waals surface area contributed by atoms with Crippen LogP contribution < -0.4 is 0 Å². The molecule has 2 aromatic rings. The predicted molar refractivity (Wildman–Crippen MR) is 72.0 cm³/mol. The van der Waals surface area contributed by atoms with Crippen LogP contribution in [0.15, 0.2) is 33.8 Å². The Hall–Kier alpha value is -2.13. The molecule has 0 spiro atoms. The predicted octanol–water partition coefficient (Wildman–Crippen LogP) is 0.690. The van der Waals surface area contributed by atoms with Crippen molar-refractivity contribution in [3.8, 4) is 0 Å². The Kier molecular flexibility index (Phi) is 4.14. The van der Waals surface area contributed by atoms with Gasteiger partial charge in [-0.2, -0.15) is 9.40 Å². The number of aliphatic carboxylic acids is 1. The Morgan fingerprint density at radius 1 is 1.48 bits per heavy atom. The number of rotatable bonds is 6. The summed E-state index contributed by atoms with van der Waals surface area (Å²) in [5.74, 6) is 0.128. The molecule has 9 heteroatoms. The van der Waals surface area contributed by atoms with E-state index in [2.05, 4.69) is 5.10 Å². The first-order chi connectivity index (χ1) is 9.79. The minimum atomic E-state index is -3.75. The van der Waals surface area contributed by atoms with Crippen LogP contribution in [0, 0.1) is 6.92 Å². The number of aryl methyl sites for hydroxylation is 1. The van der Waals surface area contributed by atoms with Crippen molar-refractivity contribution in [2.24, 2.45) is 0 Å². The molecule has 2 heterocycles. The number of nitrogens with zero attached hydrogens (tertiary/aromatic N) is 3. The van der Waals surface area contributed by atoms with Crippen LogP contribution in [0.4, 0.5) is 0 Å². The van der Waals surface area contributed by atoms with Gasteiger partial charge in [0.1, 0.15) is 23.0 Å². The van der Waals surface area contributed by atoms with Gasteiger partial charge in [0.2, 0.25) is 10.0 Å². The molecule has 2 rings (SSSR count). The quantitative estimate of drug-likeness (QED) is 0.841. The second-order valence-corrected chi connectivity index (χ2v) is 6.59. The minimum Gasteiger partial charge on any atom is -0.480 e. The van der Waals surface area contributed by atoms with Crippen LogP contribution >= 0.6 is 0 Å². The van der Waals surface area contributed by atoms with Crippen LogP contribution in [-0.4, -0.2) is 40.6 Å². The molecule has 1 N–H and O–H groups in total. The van der Waals surface area contributed by atoms with Gasteiger partial charge in [-0.15, -0.1) is 0 Å². The van der Waals surface area contributed by atoms with Crippen LogP contribution in [0.1, 0.15) is 11.5 Å². The van der Waals surface area contributed by atoms with Crippen molar-refractivity contribution in [3.05, 3.63) is 36.0 Å². The van der Waals surface area contributed by atoms with E-state index in [0.717, 1.165) is 15.2 Å². The van der Waals surface area contributed by atoms with Crippen LogP contribution in [0.25, 0.3) is 0 Å². The maximum absolute atomic E-state index is 12.3. The second kappa shape index (κ2) is 5.70. The minimum absolute atomic E-state index is 0.0606. The molecule has 0 saturated carbocycles. The molecule has 0 aromatic carbocycles. The Labute approximate surface area is 121 Å². The summed E-state index contributed by atoms with van der Waals surface area (Å²) in [7, 11) is -2.33. The van der Waals surface area contributed by atoms with Crippen molar-refractivity contribution in [2.45, 2.75) is 24.9 Å². The molecule has 0 amide bonds. The number of aromatic nitrogens is 2. The highest BCUT2D eigenvalue weighted by molar-refractivity contribution is 7.89. The van der Waals surface area contributed by atoms with Gasteiger partial charge in [0.15, 0.2) is 0 Å². The molecule has 0 bridgehead atoms. The molecule has 0 aliphatic heterocycles. The van der Waals surface area contributed by atoms with E-state index in [1.165, 1.54) is 13.2 Å². The Morgan fingerprint density at radius 2 is 2.19 bits per heavy atom. The van der Waals surface area contributed by atoms with Gasteiger partial charge in [-0.1, -0.05) is 0 Å². The average molecular weight is 313 g/mol. The maximum atomic E-state index is 12.3. The van der Waals surface area contributed by atoms with E-state index in [1.54, 1.807) is 19.1 Å². The van der Waals surface area contributed by atoms with Gasteiger partial charge < -0.3 is 9.52 Å². The van der Waals surface area contributed by atoms with E-state index in [4.69, 9.17) is 9.52 Å². The molecule has 0 radical (unpaired) electrons. The van der Waals surface area contributed by atoms with E-state index < -0.39 is 22.5 Å². The number of carbonyl (C=O) groups is 1. The summed E-state index contributed by atoms with van der Waals surface area (Å²) < 4.78 is 32.2. The molecule has 0 aliphatic rings. The highest BCUT2D eigenvalue weighted by Crippen LogP contribution is 2.17. The van der Waals surface area contributed by atoms with Crippen molar-refractivity contribution in [2.75, 3.05) is 7.05 Å². The Bertz CT molecular complexity index is 747. The lowest BCUT2D eigenvalue weighted by atomic mass is 10.4. The van der Waals surface area contributed by atoms with Gasteiger partial charge in [-0.25, -0.2) is 8.42 Å². The summed E-state index contributed by atoms with van der Waals surface area (Å²) in [5.41, 5.74) is 0. The van der Waals surface area contributed by atoms with Gasteiger partial charge in [-0.05, 0) is 19.1 Å². The van der Waals surface area contributed by atoms with Gasteiger partial charge in [-0.3, -0.25) is 9.48 Å². The summed E-state index contributed by atoms with van der Waals surface area (Å²) in [6.45, 7) is 1.46. The smallest absolute Gasteiger partial charge is 0.325 e. The zero-order valence-corrected chi connectivity index (χ0v) is 12.4. The molecule has 0 aliphatic carbocycles. The van der Waals surface area contributed by atoms with Crippen molar-refractivity contribution < 1.29 is 22.7 Å². The SMILES string of the molecule is Cc1ccc(CN(C)S(=O)(=O)c2cnn(CC(=O)O)c2)o1. The first-order valence-corrected chi connectivity index (χ1v) is 7.49. The van der Waals surface area contributed by atoms with Crippen LogP contribution in [-0.2, 0) is 27.9 Å². The van der Waals surface area contributed by atoms with Crippen molar-refractivity contribution in [1.82, 2.24) is 14.1 Å². The van der Waals surface area contributed by atoms with Crippen LogP contribution in [0.3, 0.4) is 0 Å². The lowest BCUT2D eigenvalue weighted by Gasteiger charge is -2.14.